The van der Waals surface area contributed by atoms with Crippen LogP contribution in [-0.2, 0) is 14.8 Å². The standard InChI is InChI=1S/C11H22N2O3S/c1-4-12(5-2)11(14)8-9-13(10-6-7-10)17(3,15)16/h10H,4-9H2,1-3H3. The molecule has 100 valence electrons. The van der Waals surface area contributed by atoms with Crippen LogP contribution >= 0.6 is 0 Å². The van der Waals surface area contributed by atoms with Gasteiger partial charge in [-0.3, -0.25) is 4.79 Å². The summed E-state index contributed by atoms with van der Waals surface area (Å²) in [5.41, 5.74) is 0. The number of rotatable bonds is 7. The van der Waals surface area contributed by atoms with E-state index in [0.29, 0.717) is 19.6 Å². The second kappa shape index (κ2) is 5.82. The Morgan fingerprint density at radius 2 is 1.76 bits per heavy atom. The lowest BCUT2D eigenvalue weighted by molar-refractivity contribution is -0.130. The normalized spacial score (nSPS) is 16.2. The van der Waals surface area contributed by atoms with Gasteiger partial charge in [-0.15, -0.1) is 0 Å². The van der Waals surface area contributed by atoms with Gasteiger partial charge in [0.2, 0.25) is 15.9 Å². The minimum Gasteiger partial charge on any atom is -0.343 e. The number of amides is 1. The number of hydrogen-bond acceptors (Lipinski definition) is 3. The summed E-state index contributed by atoms with van der Waals surface area (Å²) in [5, 5.41) is 0. The fraction of sp³-hybridized carbons (Fsp3) is 0.909. The molecule has 0 saturated heterocycles. The molecule has 0 N–H and O–H groups in total. The Morgan fingerprint density at radius 1 is 1.24 bits per heavy atom. The van der Waals surface area contributed by atoms with Gasteiger partial charge in [0.15, 0.2) is 0 Å². The Bertz CT molecular complexity index is 359. The maximum absolute atomic E-state index is 11.8. The van der Waals surface area contributed by atoms with Gasteiger partial charge in [0.25, 0.3) is 0 Å². The topological polar surface area (TPSA) is 57.7 Å². The number of carbonyl (C=O) groups excluding carboxylic acids is 1. The molecule has 1 amide bonds. The lowest BCUT2D eigenvalue weighted by Gasteiger charge is -2.22. The lowest BCUT2D eigenvalue weighted by Crippen LogP contribution is -2.37. The van der Waals surface area contributed by atoms with Gasteiger partial charge < -0.3 is 4.90 Å². The van der Waals surface area contributed by atoms with Gasteiger partial charge in [-0.1, -0.05) is 0 Å². The summed E-state index contributed by atoms with van der Waals surface area (Å²) in [4.78, 5) is 13.5. The van der Waals surface area contributed by atoms with Crippen LogP contribution < -0.4 is 0 Å². The van der Waals surface area contributed by atoms with Gasteiger partial charge >= 0.3 is 0 Å². The van der Waals surface area contributed by atoms with Crippen LogP contribution in [0.25, 0.3) is 0 Å². The number of carbonyl (C=O) groups is 1. The van der Waals surface area contributed by atoms with Crippen LogP contribution in [0.3, 0.4) is 0 Å². The third kappa shape index (κ3) is 4.27. The lowest BCUT2D eigenvalue weighted by atomic mass is 10.3. The molecule has 0 spiro atoms. The highest BCUT2D eigenvalue weighted by molar-refractivity contribution is 7.88. The highest BCUT2D eigenvalue weighted by Crippen LogP contribution is 2.28. The van der Waals surface area contributed by atoms with E-state index in [4.69, 9.17) is 0 Å². The minimum absolute atomic E-state index is 0.0318. The van der Waals surface area contributed by atoms with Gasteiger partial charge in [-0.25, -0.2) is 8.42 Å². The van der Waals surface area contributed by atoms with Crippen LogP contribution in [0.1, 0.15) is 33.1 Å². The molecule has 0 aromatic heterocycles. The number of sulfonamides is 1. The molecule has 1 saturated carbocycles. The van der Waals surface area contributed by atoms with E-state index < -0.39 is 10.0 Å². The summed E-state index contributed by atoms with van der Waals surface area (Å²) in [6.45, 7) is 5.53. The van der Waals surface area contributed by atoms with E-state index in [9.17, 15) is 13.2 Å². The van der Waals surface area contributed by atoms with Gasteiger partial charge in [0, 0.05) is 32.1 Å². The monoisotopic (exact) mass is 262 g/mol. The Morgan fingerprint density at radius 3 is 2.12 bits per heavy atom. The molecule has 1 rings (SSSR count). The molecule has 0 radical (unpaired) electrons. The number of hydrogen-bond donors (Lipinski definition) is 0. The zero-order chi connectivity index (χ0) is 13.1. The predicted octanol–water partition coefficient (Wildman–Crippen LogP) is 0.669. The fourth-order valence-corrected chi connectivity index (χ4v) is 3.10. The van der Waals surface area contributed by atoms with E-state index in [1.165, 1.54) is 10.6 Å². The molecule has 5 nitrogen and oxygen atoms in total. The first-order valence-electron chi connectivity index (χ1n) is 6.14. The molecule has 0 aromatic carbocycles. The molecular formula is C11H22N2O3S. The van der Waals surface area contributed by atoms with Crippen molar-refractivity contribution in [1.82, 2.24) is 9.21 Å². The van der Waals surface area contributed by atoms with Crippen molar-refractivity contribution in [2.24, 2.45) is 0 Å². The van der Waals surface area contributed by atoms with Crippen LogP contribution in [-0.4, -0.2) is 55.5 Å². The SMILES string of the molecule is CCN(CC)C(=O)CCN(C1CC1)S(C)(=O)=O. The van der Waals surface area contributed by atoms with E-state index in [1.54, 1.807) is 4.90 Å². The van der Waals surface area contributed by atoms with Crippen LogP contribution in [0.5, 0.6) is 0 Å². The maximum Gasteiger partial charge on any atom is 0.223 e. The number of nitrogens with zero attached hydrogens (tertiary/aromatic N) is 2. The summed E-state index contributed by atoms with van der Waals surface area (Å²) in [6.07, 6.45) is 3.34. The van der Waals surface area contributed by atoms with Crippen molar-refractivity contribution in [3.05, 3.63) is 0 Å². The van der Waals surface area contributed by atoms with Crippen molar-refractivity contribution >= 4 is 15.9 Å². The molecule has 0 atom stereocenters. The van der Waals surface area contributed by atoms with Crippen molar-refractivity contribution in [1.29, 1.82) is 0 Å². The average Bonchev–Trinajstić information content (AvgIpc) is 3.02. The highest BCUT2D eigenvalue weighted by atomic mass is 32.2. The Kier molecular flexibility index (Phi) is 4.94. The molecule has 0 bridgehead atoms. The van der Waals surface area contributed by atoms with E-state index in [0.717, 1.165) is 12.8 Å². The molecule has 0 aliphatic heterocycles. The van der Waals surface area contributed by atoms with Crippen molar-refractivity contribution < 1.29 is 13.2 Å². The van der Waals surface area contributed by atoms with Crippen LogP contribution in [0.2, 0.25) is 0 Å². The van der Waals surface area contributed by atoms with Crippen molar-refractivity contribution in [3.63, 3.8) is 0 Å². The summed E-state index contributed by atoms with van der Waals surface area (Å²) >= 11 is 0. The van der Waals surface area contributed by atoms with Gasteiger partial charge in [0.05, 0.1) is 6.26 Å². The molecule has 1 aliphatic carbocycles. The molecule has 6 heteroatoms. The quantitative estimate of drug-likeness (QED) is 0.677. The van der Waals surface area contributed by atoms with E-state index in [2.05, 4.69) is 0 Å². The van der Waals surface area contributed by atoms with Gasteiger partial charge in [-0.2, -0.15) is 4.31 Å². The summed E-state index contributed by atoms with van der Waals surface area (Å²) < 4.78 is 24.5. The fourth-order valence-electron chi connectivity index (χ4n) is 1.92. The highest BCUT2D eigenvalue weighted by Gasteiger charge is 2.35. The van der Waals surface area contributed by atoms with E-state index >= 15 is 0 Å². The van der Waals surface area contributed by atoms with Crippen molar-refractivity contribution in [2.75, 3.05) is 25.9 Å². The third-order valence-corrected chi connectivity index (χ3v) is 4.38. The molecule has 0 heterocycles. The first kappa shape index (κ1) is 14.4. The third-order valence-electron chi connectivity index (χ3n) is 3.04. The summed E-state index contributed by atoms with van der Waals surface area (Å²) in [5.74, 6) is 0.0318. The van der Waals surface area contributed by atoms with Gasteiger partial charge in [-0.05, 0) is 26.7 Å². The maximum atomic E-state index is 11.8. The Hall–Kier alpha value is -0.620. The van der Waals surface area contributed by atoms with E-state index in [-0.39, 0.29) is 18.4 Å². The molecular weight excluding hydrogens is 240 g/mol. The zero-order valence-electron chi connectivity index (χ0n) is 10.8. The second-order valence-electron chi connectivity index (χ2n) is 4.42. The Labute approximate surface area is 104 Å². The summed E-state index contributed by atoms with van der Waals surface area (Å²) in [7, 11) is -3.17. The first-order chi connectivity index (χ1) is 7.90. The van der Waals surface area contributed by atoms with Crippen molar-refractivity contribution in [2.45, 2.75) is 39.2 Å². The largest absolute Gasteiger partial charge is 0.343 e. The first-order valence-corrected chi connectivity index (χ1v) is 7.99. The Balaban J connectivity index is 2.50. The van der Waals surface area contributed by atoms with E-state index in [1.807, 2.05) is 13.8 Å². The zero-order valence-corrected chi connectivity index (χ0v) is 11.7. The molecule has 1 fully saturated rings. The van der Waals surface area contributed by atoms with Crippen LogP contribution in [0, 0.1) is 0 Å². The second-order valence-corrected chi connectivity index (χ2v) is 6.36. The molecule has 17 heavy (non-hydrogen) atoms. The van der Waals surface area contributed by atoms with Crippen molar-refractivity contribution in [3.8, 4) is 0 Å². The van der Waals surface area contributed by atoms with Crippen LogP contribution in [0.15, 0.2) is 0 Å². The molecule has 1 aliphatic rings. The smallest absolute Gasteiger partial charge is 0.223 e. The predicted molar refractivity (Wildman–Crippen MR) is 67.1 cm³/mol. The van der Waals surface area contributed by atoms with Crippen LogP contribution in [0.4, 0.5) is 0 Å². The average molecular weight is 262 g/mol. The minimum atomic E-state index is -3.17. The molecule has 0 aromatic rings. The summed E-state index contributed by atoms with van der Waals surface area (Å²) in [6, 6.07) is 0.134. The van der Waals surface area contributed by atoms with Gasteiger partial charge in [0.1, 0.15) is 0 Å². The molecule has 0 unspecified atom stereocenters.